The normalized spacial score (nSPS) is 26.6. The molecule has 3 aliphatic heterocycles. The SMILES string of the molecule is COC(C(=O)N1CCc2nc(N3C4CCC3CN(C(=O)OC(C)(C)C)C4)sc2C1)C1(C)CCCC1. The van der Waals surface area contributed by atoms with Crippen molar-refractivity contribution in [3.05, 3.63) is 10.6 Å². The quantitative estimate of drug-likeness (QED) is 0.612. The van der Waals surface area contributed by atoms with E-state index in [0.29, 0.717) is 26.2 Å². The molecule has 3 atom stereocenters. The van der Waals surface area contributed by atoms with Crippen LogP contribution in [0.5, 0.6) is 0 Å². The number of aromatic nitrogens is 1. The molecule has 0 radical (unpaired) electrons. The van der Waals surface area contributed by atoms with Crippen molar-refractivity contribution < 1.29 is 19.1 Å². The van der Waals surface area contributed by atoms with Gasteiger partial charge in [0, 0.05) is 55.5 Å². The van der Waals surface area contributed by atoms with Crippen LogP contribution in [0.1, 0.15) is 76.8 Å². The number of hydrogen-bond donors (Lipinski definition) is 0. The van der Waals surface area contributed by atoms with Crippen LogP contribution in [0, 0.1) is 5.41 Å². The Bertz CT molecular complexity index is 953. The second-order valence-corrected chi connectivity index (χ2v) is 13.1. The summed E-state index contributed by atoms with van der Waals surface area (Å²) in [7, 11) is 1.68. The summed E-state index contributed by atoms with van der Waals surface area (Å²) in [6.45, 7) is 10.6. The molecule has 1 aromatic heterocycles. The topological polar surface area (TPSA) is 75.2 Å². The van der Waals surface area contributed by atoms with Gasteiger partial charge in [-0.1, -0.05) is 31.1 Å². The molecule has 2 bridgehead atoms. The van der Waals surface area contributed by atoms with Crippen molar-refractivity contribution in [1.29, 1.82) is 0 Å². The number of hydrogen-bond acceptors (Lipinski definition) is 7. The van der Waals surface area contributed by atoms with Crippen molar-refractivity contribution in [3.8, 4) is 0 Å². The third-order valence-electron chi connectivity index (χ3n) is 8.23. The predicted octanol–water partition coefficient (Wildman–Crippen LogP) is 4.21. The number of amides is 2. The van der Waals surface area contributed by atoms with Gasteiger partial charge in [-0.15, -0.1) is 0 Å². The lowest BCUT2D eigenvalue weighted by atomic mass is 9.81. The van der Waals surface area contributed by atoms with Gasteiger partial charge in [0.15, 0.2) is 5.13 Å². The average Bonchev–Trinajstić information content (AvgIpc) is 3.47. The minimum Gasteiger partial charge on any atom is -0.444 e. The van der Waals surface area contributed by atoms with E-state index in [1.54, 1.807) is 18.4 Å². The van der Waals surface area contributed by atoms with Crippen molar-refractivity contribution in [2.24, 2.45) is 5.41 Å². The van der Waals surface area contributed by atoms with E-state index in [1.807, 2.05) is 30.6 Å². The maximum atomic E-state index is 13.5. The first-order chi connectivity index (χ1) is 16.6. The molecule has 1 aliphatic carbocycles. The molecule has 5 rings (SSSR count). The van der Waals surface area contributed by atoms with Gasteiger partial charge in [-0.05, 0) is 46.5 Å². The molecule has 3 fully saturated rings. The second kappa shape index (κ2) is 9.21. The van der Waals surface area contributed by atoms with Gasteiger partial charge in [0.05, 0.1) is 12.2 Å². The Labute approximate surface area is 212 Å². The number of carbonyl (C=O) groups excluding carboxylic acids is 2. The van der Waals surface area contributed by atoms with E-state index in [-0.39, 0.29) is 35.6 Å². The summed E-state index contributed by atoms with van der Waals surface area (Å²) in [5.74, 6) is 0.128. The second-order valence-electron chi connectivity index (χ2n) is 12.0. The van der Waals surface area contributed by atoms with Crippen LogP contribution in [0.2, 0.25) is 0 Å². The standard InChI is InChI=1S/C26H40N4O4S/c1-25(2,3)34-24(32)29-14-17-8-9-18(15-29)30(17)23-27-19-10-13-28(16-20(19)35-23)22(31)21(33-5)26(4)11-6-7-12-26/h17-18,21H,6-16H2,1-5H3. The summed E-state index contributed by atoms with van der Waals surface area (Å²) < 4.78 is 11.4. The predicted molar refractivity (Wildman–Crippen MR) is 136 cm³/mol. The summed E-state index contributed by atoms with van der Waals surface area (Å²) in [6.07, 6.45) is 6.79. The molecule has 9 heteroatoms. The van der Waals surface area contributed by atoms with Gasteiger partial charge in [0.1, 0.15) is 11.7 Å². The zero-order valence-corrected chi connectivity index (χ0v) is 22.7. The molecule has 35 heavy (non-hydrogen) atoms. The van der Waals surface area contributed by atoms with E-state index in [4.69, 9.17) is 14.5 Å². The van der Waals surface area contributed by atoms with Crippen LogP contribution in [-0.4, -0.2) is 77.3 Å². The molecule has 194 valence electrons. The maximum absolute atomic E-state index is 13.5. The largest absolute Gasteiger partial charge is 0.444 e. The Morgan fingerprint density at radius 1 is 1.11 bits per heavy atom. The fourth-order valence-electron chi connectivity index (χ4n) is 6.47. The molecule has 4 heterocycles. The number of thiazole rings is 1. The number of rotatable bonds is 4. The molecule has 2 amide bonds. The Morgan fingerprint density at radius 2 is 1.77 bits per heavy atom. The number of likely N-dealkylation sites (tertiary alicyclic amines) is 1. The minimum absolute atomic E-state index is 0.0576. The smallest absolute Gasteiger partial charge is 0.410 e. The van der Waals surface area contributed by atoms with E-state index in [1.165, 1.54) is 17.7 Å². The minimum atomic E-state index is -0.484. The van der Waals surface area contributed by atoms with Crippen LogP contribution >= 0.6 is 11.3 Å². The molecule has 2 saturated heterocycles. The molecule has 8 nitrogen and oxygen atoms in total. The molecule has 4 aliphatic rings. The number of methoxy groups -OCH3 is 1. The Balaban J connectivity index is 1.27. The maximum Gasteiger partial charge on any atom is 0.410 e. The fourth-order valence-corrected chi connectivity index (χ4v) is 7.73. The van der Waals surface area contributed by atoms with Crippen LogP contribution in [0.4, 0.5) is 9.93 Å². The third-order valence-corrected chi connectivity index (χ3v) is 9.32. The summed E-state index contributed by atoms with van der Waals surface area (Å²) in [6, 6.07) is 0.540. The van der Waals surface area contributed by atoms with Gasteiger partial charge >= 0.3 is 6.09 Å². The van der Waals surface area contributed by atoms with Crippen molar-refractivity contribution in [2.75, 3.05) is 31.6 Å². The van der Waals surface area contributed by atoms with Crippen LogP contribution < -0.4 is 4.90 Å². The number of fused-ring (bicyclic) bond motifs is 3. The summed E-state index contributed by atoms with van der Waals surface area (Å²) in [5, 5.41) is 1.05. The molecule has 0 spiro atoms. The molecular weight excluding hydrogens is 464 g/mol. The molecule has 3 unspecified atom stereocenters. The fraction of sp³-hybridized carbons (Fsp3) is 0.808. The highest BCUT2D eigenvalue weighted by atomic mass is 32.1. The van der Waals surface area contributed by atoms with Gasteiger partial charge in [-0.3, -0.25) is 4.79 Å². The number of nitrogens with zero attached hydrogens (tertiary/aromatic N) is 4. The molecule has 0 N–H and O–H groups in total. The Morgan fingerprint density at radius 3 is 2.37 bits per heavy atom. The molecule has 1 aromatic rings. The zero-order chi connectivity index (χ0) is 25.0. The number of anilines is 1. The third kappa shape index (κ3) is 4.78. The van der Waals surface area contributed by atoms with E-state index < -0.39 is 5.60 Å². The molecule has 0 aromatic carbocycles. The Hall–Kier alpha value is -1.87. The van der Waals surface area contributed by atoms with Gasteiger partial charge < -0.3 is 24.2 Å². The van der Waals surface area contributed by atoms with Crippen LogP contribution in [0.3, 0.4) is 0 Å². The molecular formula is C26H40N4O4S. The lowest BCUT2D eigenvalue weighted by Gasteiger charge is -2.41. The first-order valence-corrected chi connectivity index (χ1v) is 14.0. The first kappa shape index (κ1) is 24.8. The van der Waals surface area contributed by atoms with E-state index in [2.05, 4.69) is 11.8 Å². The van der Waals surface area contributed by atoms with E-state index in [9.17, 15) is 9.59 Å². The summed E-state index contributed by atoms with van der Waals surface area (Å²) in [5.41, 5.74) is 0.587. The van der Waals surface area contributed by atoms with Crippen LogP contribution in [0.15, 0.2) is 0 Å². The van der Waals surface area contributed by atoms with Gasteiger partial charge in [-0.2, -0.15) is 0 Å². The Kier molecular flexibility index (Phi) is 6.53. The monoisotopic (exact) mass is 504 g/mol. The van der Waals surface area contributed by atoms with Crippen molar-refractivity contribution >= 4 is 28.5 Å². The highest BCUT2D eigenvalue weighted by Gasteiger charge is 2.46. The lowest BCUT2D eigenvalue weighted by Crippen LogP contribution is -2.56. The van der Waals surface area contributed by atoms with Gasteiger partial charge in [0.2, 0.25) is 0 Å². The first-order valence-electron chi connectivity index (χ1n) is 13.1. The van der Waals surface area contributed by atoms with Crippen LogP contribution in [0.25, 0.3) is 0 Å². The summed E-state index contributed by atoms with van der Waals surface area (Å²) >= 11 is 1.73. The number of carbonyl (C=O) groups is 2. The lowest BCUT2D eigenvalue weighted by molar-refractivity contribution is -0.150. The van der Waals surface area contributed by atoms with Crippen molar-refractivity contribution in [2.45, 2.75) is 103 Å². The number of ether oxygens (including phenoxy) is 2. The van der Waals surface area contributed by atoms with Gasteiger partial charge in [0.25, 0.3) is 5.91 Å². The van der Waals surface area contributed by atoms with E-state index in [0.717, 1.165) is 42.9 Å². The van der Waals surface area contributed by atoms with Crippen molar-refractivity contribution in [1.82, 2.24) is 14.8 Å². The van der Waals surface area contributed by atoms with Gasteiger partial charge in [-0.25, -0.2) is 9.78 Å². The molecule has 1 saturated carbocycles. The zero-order valence-electron chi connectivity index (χ0n) is 21.8. The summed E-state index contributed by atoms with van der Waals surface area (Å²) in [4.78, 5) is 38.7. The number of piperazine rings is 1. The van der Waals surface area contributed by atoms with Crippen molar-refractivity contribution in [3.63, 3.8) is 0 Å². The average molecular weight is 505 g/mol. The van der Waals surface area contributed by atoms with Crippen LogP contribution in [-0.2, 0) is 27.2 Å². The highest BCUT2D eigenvalue weighted by Crippen LogP contribution is 2.43. The van der Waals surface area contributed by atoms with E-state index >= 15 is 0 Å². The highest BCUT2D eigenvalue weighted by molar-refractivity contribution is 7.15.